The Hall–Kier alpha value is -1.70. The van der Waals surface area contributed by atoms with Crippen LogP contribution in [0.3, 0.4) is 0 Å². The molecule has 0 spiro atoms. The Kier molecular flexibility index (Phi) is 4.83. The smallest absolute Gasteiger partial charge is 0.125 e. The van der Waals surface area contributed by atoms with Gasteiger partial charge in [-0.2, -0.15) is 0 Å². The maximum Gasteiger partial charge on any atom is 0.125 e. The van der Waals surface area contributed by atoms with Gasteiger partial charge >= 0.3 is 0 Å². The monoisotopic (exact) mass is 228 g/mol. The van der Waals surface area contributed by atoms with Crippen LogP contribution in [0.25, 0.3) is 5.57 Å². The Labute approximate surface area is 104 Å². The van der Waals surface area contributed by atoms with Crippen LogP contribution >= 0.6 is 0 Å². The zero-order valence-electron chi connectivity index (χ0n) is 11.0. The van der Waals surface area contributed by atoms with Crippen LogP contribution in [-0.4, -0.2) is 9.97 Å². The van der Waals surface area contributed by atoms with E-state index in [2.05, 4.69) is 23.1 Å². The van der Waals surface area contributed by atoms with Crippen molar-refractivity contribution in [3.05, 3.63) is 54.2 Å². The Balaban J connectivity index is 0.000000686. The number of aryl methyl sites for hydroxylation is 2. The van der Waals surface area contributed by atoms with E-state index in [1.807, 2.05) is 39.1 Å². The standard InChI is InChI=1S/C13H14N2.C2H6/c1-4-10-6-7-11-8-14-9(3)15-13(11)12(10)5-2;1-2/h4-5,8H,1-2,6-7H2,3H3;1-2H3. The predicted octanol–water partition coefficient (Wildman–Crippen LogP) is 3.88. The molecule has 1 aromatic heterocycles. The zero-order valence-corrected chi connectivity index (χ0v) is 11.0. The molecule has 1 heterocycles. The third kappa shape index (κ3) is 2.70. The molecule has 1 aromatic rings. The average molecular weight is 228 g/mol. The Morgan fingerprint density at radius 2 is 1.88 bits per heavy atom. The van der Waals surface area contributed by atoms with E-state index in [1.165, 1.54) is 11.1 Å². The first-order valence-electron chi connectivity index (χ1n) is 6.07. The fourth-order valence-corrected chi connectivity index (χ4v) is 1.91. The van der Waals surface area contributed by atoms with Crippen molar-refractivity contribution in [2.24, 2.45) is 0 Å². The molecule has 0 amide bonds. The summed E-state index contributed by atoms with van der Waals surface area (Å²) in [7, 11) is 0. The summed E-state index contributed by atoms with van der Waals surface area (Å²) in [6.45, 7) is 13.6. The Bertz CT molecular complexity index is 456. The Morgan fingerprint density at radius 3 is 2.47 bits per heavy atom. The summed E-state index contributed by atoms with van der Waals surface area (Å²) in [4.78, 5) is 8.69. The zero-order chi connectivity index (χ0) is 12.8. The molecule has 0 unspecified atom stereocenters. The van der Waals surface area contributed by atoms with Crippen molar-refractivity contribution in [1.29, 1.82) is 0 Å². The first-order valence-corrected chi connectivity index (χ1v) is 6.07. The number of rotatable bonds is 2. The topological polar surface area (TPSA) is 25.8 Å². The lowest BCUT2D eigenvalue weighted by Crippen LogP contribution is -2.07. The summed E-state index contributed by atoms with van der Waals surface area (Å²) in [6, 6.07) is 0. The molecule has 17 heavy (non-hydrogen) atoms. The first kappa shape index (κ1) is 13.4. The van der Waals surface area contributed by atoms with Crippen molar-refractivity contribution in [2.75, 3.05) is 0 Å². The maximum absolute atomic E-state index is 4.48. The van der Waals surface area contributed by atoms with Gasteiger partial charge in [-0.25, -0.2) is 9.97 Å². The summed E-state index contributed by atoms with van der Waals surface area (Å²) in [5.74, 6) is 0.804. The van der Waals surface area contributed by atoms with Crippen LogP contribution < -0.4 is 0 Å². The van der Waals surface area contributed by atoms with Gasteiger partial charge in [0.1, 0.15) is 5.82 Å². The average Bonchev–Trinajstić information content (AvgIpc) is 2.39. The van der Waals surface area contributed by atoms with Gasteiger partial charge in [0.15, 0.2) is 0 Å². The van der Waals surface area contributed by atoms with Crippen molar-refractivity contribution in [3.8, 4) is 0 Å². The second-order valence-electron chi connectivity index (χ2n) is 3.64. The molecule has 0 atom stereocenters. The maximum atomic E-state index is 4.48. The first-order chi connectivity index (χ1) is 8.26. The summed E-state index contributed by atoms with van der Waals surface area (Å²) in [5.41, 5.74) is 4.58. The van der Waals surface area contributed by atoms with Crippen LogP contribution in [0.4, 0.5) is 0 Å². The van der Waals surface area contributed by atoms with Gasteiger partial charge in [0.2, 0.25) is 0 Å². The van der Waals surface area contributed by atoms with E-state index in [9.17, 15) is 0 Å². The van der Waals surface area contributed by atoms with Crippen LogP contribution in [0.15, 0.2) is 37.1 Å². The lowest BCUT2D eigenvalue weighted by molar-refractivity contribution is 0.888. The van der Waals surface area contributed by atoms with E-state index in [4.69, 9.17) is 0 Å². The van der Waals surface area contributed by atoms with Gasteiger partial charge in [-0.1, -0.05) is 39.2 Å². The van der Waals surface area contributed by atoms with Crippen LogP contribution in [0, 0.1) is 6.92 Å². The van der Waals surface area contributed by atoms with Crippen molar-refractivity contribution in [1.82, 2.24) is 9.97 Å². The molecule has 0 fully saturated rings. The molecule has 0 aliphatic heterocycles. The van der Waals surface area contributed by atoms with Gasteiger partial charge in [-0.3, -0.25) is 0 Å². The van der Waals surface area contributed by atoms with Gasteiger partial charge in [0.05, 0.1) is 5.69 Å². The summed E-state index contributed by atoms with van der Waals surface area (Å²) in [5, 5.41) is 0. The van der Waals surface area contributed by atoms with E-state index >= 15 is 0 Å². The molecular formula is C15H20N2. The summed E-state index contributed by atoms with van der Waals surface area (Å²) < 4.78 is 0. The lowest BCUT2D eigenvalue weighted by atomic mass is 9.90. The molecule has 0 bridgehead atoms. The minimum Gasteiger partial charge on any atom is -0.241 e. The highest BCUT2D eigenvalue weighted by molar-refractivity contribution is 5.79. The van der Waals surface area contributed by atoms with E-state index in [0.717, 1.165) is 29.9 Å². The summed E-state index contributed by atoms with van der Waals surface area (Å²) in [6.07, 6.45) is 7.68. The number of fused-ring (bicyclic) bond motifs is 1. The molecule has 1 aliphatic carbocycles. The second-order valence-corrected chi connectivity index (χ2v) is 3.64. The molecule has 0 radical (unpaired) electrons. The van der Waals surface area contributed by atoms with Crippen LogP contribution in [0.2, 0.25) is 0 Å². The highest BCUT2D eigenvalue weighted by Crippen LogP contribution is 2.30. The number of hydrogen-bond donors (Lipinski definition) is 0. The van der Waals surface area contributed by atoms with Gasteiger partial charge < -0.3 is 0 Å². The fourth-order valence-electron chi connectivity index (χ4n) is 1.91. The molecule has 0 N–H and O–H groups in total. The molecule has 2 heteroatoms. The third-order valence-electron chi connectivity index (χ3n) is 2.70. The highest BCUT2D eigenvalue weighted by atomic mass is 14.9. The quantitative estimate of drug-likeness (QED) is 0.767. The molecular weight excluding hydrogens is 208 g/mol. The van der Waals surface area contributed by atoms with Crippen molar-refractivity contribution in [3.63, 3.8) is 0 Å². The number of nitrogens with zero attached hydrogens (tertiary/aromatic N) is 2. The third-order valence-corrected chi connectivity index (χ3v) is 2.70. The molecule has 90 valence electrons. The second kappa shape index (κ2) is 6.14. The predicted molar refractivity (Wildman–Crippen MR) is 73.8 cm³/mol. The Morgan fingerprint density at radius 1 is 1.18 bits per heavy atom. The van der Waals surface area contributed by atoms with Crippen molar-refractivity contribution < 1.29 is 0 Å². The molecule has 2 nitrogen and oxygen atoms in total. The molecule has 0 saturated heterocycles. The number of aromatic nitrogens is 2. The van der Waals surface area contributed by atoms with Gasteiger partial charge in [0, 0.05) is 11.8 Å². The molecule has 0 saturated carbocycles. The van der Waals surface area contributed by atoms with Crippen molar-refractivity contribution >= 4 is 5.57 Å². The molecule has 2 rings (SSSR count). The lowest BCUT2D eigenvalue weighted by Gasteiger charge is -2.18. The normalized spacial score (nSPS) is 13.4. The van der Waals surface area contributed by atoms with E-state index in [0.29, 0.717) is 0 Å². The molecule has 1 aliphatic rings. The highest BCUT2D eigenvalue weighted by Gasteiger charge is 2.16. The largest absolute Gasteiger partial charge is 0.241 e. The van der Waals surface area contributed by atoms with Crippen LogP contribution in [-0.2, 0) is 6.42 Å². The van der Waals surface area contributed by atoms with Gasteiger partial charge in [-0.05, 0) is 30.9 Å². The van der Waals surface area contributed by atoms with E-state index in [1.54, 1.807) is 0 Å². The van der Waals surface area contributed by atoms with Crippen LogP contribution in [0.1, 0.15) is 37.4 Å². The minimum absolute atomic E-state index is 0.804. The van der Waals surface area contributed by atoms with Gasteiger partial charge in [0.25, 0.3) is 0 Å². The number of allylic oxidation sites excluding steroid dienone is 4. The number of hydrogen-bond acceptors (Lipinski definition) is 2. The van der Waals surface area contributed by atoms with Gasteiger partial charge in [-0.15, -0.1) is 0 Å². The van der Waals surface area contributed by atoms with E-state index in [-0.39, 0.29) is 0 Å². The molecule has 0 aromatic carbocycles. The van der Waals surface area contributed by atoms with Crippen molar-refractivity contribution in [2.45, 2.75) is 33.6 Å². The van der Waals surface area contributed by atoms with E-state index < -0.39 is 0 Å². The SMILES string of the molecule is C=CC1=C(C=C)c2nc(C)ncc2CC1.CC. The fraction of sp³-hybridized carbons (Fsp3) is 0.333. The summed E-state index contributed by atoms with van der Waals surface area (Å²) >= 11 is 0. The minimum atomic E-state index is 0.804. The van der Waals surface area contributed by atoms with Crippen LogP contribution in [0.5, 0.6) is 0 Å².